The van der Waals surface area contributed by atoms with Gasteiger partial charge in [-0.05, 0) is 43.4 Å². The molecule has 8 heteroatoms. The van der Waals surface area contributed by atoms with Crippen molar-refractivity contribution in [2.75, 3.05) is 13.1 Å². The van der Waals surface area contributed by atoms with E-state index in [4.69, 9.17) is 23.2 Å². The van der Waals surface area contributed by atoms with Crippen molar-refractivity contribution in [2.24, 2.45) is 0 Å². The predicted octanol–water partition coefficient (Wildman–Crippen LogP) is 2.21. The van der Waals surface area contributed by atoms with Crippen LogP contribution in [-0.4, -0.2) is 57.9 Å². The van der Waals surface area contributed by atoms with Crippen molar-refractivity contribution in [1.82, 2.24) is 9.80 Å². The molecule has 1 aromatic carbocycles. The Labute approximate surface area is 155 Å². The summed E-state index contributed by atoms with van der Waals surface area (Å²) in [6.45, 7) is 0.396. The Morgan fingerprint density at radius 1 is 1.20 bits per heavy atom. The van der Waals surface area contributed by atoms with Crippen LogP contribution in [0.4, 0.5) is 0 Å². The number of nitrogens with zero attached hydrogens (tertiary/aromatic N) is 2. The highest BCUT2D eigenvalue weighted by molar-refractivity contribution is 6.42. The number of carbonyl (C=O) groups excluding carboxylic acids is 2. The fourth-order valence-electron chi connectivity index (χ4n) is 3.54. The first kappa shape index (κ1) is 18.0. The van der Waals surface area contributed by atoms with E-state index in [0.29, 0.717) is 42.3 Å². The number of hydrogen-bond acceptors (Lipinski definition) is 3. The van der Waals surface area contributed by atoms with Gasteiger partial charge in [0.15, 0.2) is 0 Å². The second-order valence-corrected chi connectivity index (χ2v) is 7.17. The summed E-state index contributed by atoms with van der Waals surface area (Å²) in [4.78, 5) is 38.9. The maximum atomic E-state index is 12.6. The average Bonchev–Trinajstić information content (AvgIpc) is 3.01. The summed E-state index contributed by atoms with van der Waals surface area (Å²) in [6, 6.07) is 3.90. The maximum absolute atomic E-state index is 12.6. The first-order chi connectivity index (χ1) is 11.9. The van der Waals surface area contributed by atoms with Crippen LogP contribution < -0.4 is 0 Å². The summed E-state index contributed by atoms with van der Waals surface area (Å²) in [6.07, 6.45) is 2.13. The Hall–Kier alpha value is -1.79. The number of aryl methyl sites for hydroxylation is 1. The van der Waals surface area contributed by atoms with Crippen molar-refractivity contribution in [3.05, 3.63) is 33.8 Å². The lowest BCUT2D eigenvalue weighted by atomic mass is 10.1. The molecule has 2 fully saturated rings. The smallest absolute Gasteiger partial charge is 0.326 e. The molecule has 0 bridgehead atoms. The lowest BCUT2D eigenvalue weighted by Gasteiger charge is -2.38. The number of carboxylic acid groups (broad SMARTS) is 1. The van der Waals surface area contributed by atoms with Crippen molar-refractivity contribution >= 4 is 41.0 Å². The molecule has 25 heavy (non-hydrogen) atoms. The lowest BCUT2D eigenvalue weighted by Crippen LogP contribution is -2.60. The molecular formula is C17H18Cl2N2O4. The number of piperazine rings is 1. The molecule has 0 spiro atoms. The standard InChI is InChI=1S/C17H18Cl2N2O4/c18-11-4-3-10(8-12(11)19)2-1-7-20-9-15(22)21-13(16(20)23)5-6-14(21)17(24)25/h3-4,8,13-14H,1-2,5-7,9H2,(H,24,25). The first-order valence-electron chi connectivity index (χ1n) is 8.15. The Morgan fingerprint density at radius 3 is 2.64 bits per heavy atom. The van der Waals surface area contributed by atoms with Gasteiger partial charge in [-0.3, -0.25) is 9.59 Å². The van der Waals surface area contributed by atoms with Gasteiger partial charge in [-0.1, -0.05) is 29.3 Å². The van der Waals surface area contributed by atoms with E-state index in [9.17, 15) is 19.5 Å². The van der Waals surface area contributed by atoms with Gasteiger partial charge in [0.05, 0.1) is 16.6 Å². The van der Waals surface area contributed by atoms with Crippen LogP contribution in [0.1, 0.15) is 24.8 Å². The van der Waals surface area contributed by atoms with E-state index in [1.807, 2.05) is 6.07 Å². The van der Waals surface area contributed by atoms with Crippen LogP contribution in [0, 0.1) is 0 Å². The quantitative estimate of drug-likeness (QED) is 0.843. The highest BCUT2D eigenvalue weighted by atomic mass is 35.5. The van der Waals surface area contributed by atoms with Crippen molar-refractivity contribution in [1.29, 1.82) is 0 Å². The van der Waals surface area contributed by atoms with Crippen LogP contribution in [0.5, 0.6) is 0 Å². The Balaban J connectivity index is 1.59. The van der Waals surface area contributed by atoms with Gasteiger partial charge in [-0.25, -0.2) is 4.79 Å². The molecule has 1 N–H and O–H groups in total. The molecule has 2 atom stereocenters. The van der Waals surface area contributed by atoms with Gasteiger partial charge < -0.3 is 14.9 Å². The van der Waals surface area contributed by atoms with Crippen molar-refractivity contribution in [3.63, 3.8) is 0 Å². The molecule has 0 aliphatic carbocycles. The third-order valence-corrected chi connectivity index (χ3v) is 5.50. The highest BCUT2D eigenvalue weighted by Gasteiger charge is 2.48. The van der Waals surface area contributed by atoms with Crippen LogP contribution in [0.3, 0.4) is 0 Å². The molecule has 2 saturated heterocycles. The monoisotopic (exact) mass is 384 g/mol. The second-order valence-electron chi connectivity index (χ2n) is 6.36. The summed E-state index contributed by atoms with van der Waals surface area (Å²) in [5.74, 6) is -1.49. The number of hydrogen-bond donors (Lipinski definition) is 1. The SMILES string of the molecule is O=C(O)C1CCC2C(=O)N(CCCc3ccc(Cl)c(Cl)c3)CC(=O)N12. The molecule has 6 nitrogen and oxygen atoms in total. The fourth-order valence-corrected chi connectivity index (χ4v) is 3.86. The van der Waals surface area contributed by atoms with E-state index >= 15 is 0 Å². The van der Waals surface area contributed by atoms with Gasteiger partial charge in [-0.15, -0.1) is 0 Å². The van der Waals surface area contributed by atoms with Crippen molar-refractivity contribution in [3.8, 4) is 0 Å². The van der Waals surface area contributed by atoms with Gasteiger partial charge in [0.25, 0.3) is 0 Å². The minimum atomic E-state index is -1.04. The third-order valence-electron chi connectivity index (χ3n) is 4.76. The first-order valence-corrected chi connectivity index (χ1v) is 8.90. The van der Waals surface area contributed by atoms with Crippen LogP contribution in [0.15, 0.2) is 18.2 Å². The Bertz CT molecular complexity index is 725. The summed E-state index contributed by atoms with van der Waals surface area (Å²) < 4.78 is 0. The third kappa shape index (κ3) is 3.60. The molecule has 2 amide bonds. The van der Waals surface area contributed by atoms with Crippen LogP contribution in [0.2, 0.25) is 10.0 Å². The molecule has 2 unspecified atom stereocenters. The molecule has 0 saturated carbocycles. The molecule has 2 aliphatic rings. The zero-order valence-electron chi connectivity index (χ0n) is 13.5. The second kappa shape index (κ2) is 7.22. The lowest BCUT2D eigenvalue weighted by molar-refractivity contribution is -0.160. The number of amides is 2. The highest BCUT2D eigenvalue weighted by Crippen LogP contribution is 2.29. The van der Waals surface area contributed by atoms with Gasteiger partial charge in [0.1, 0.15) is 12.1 Å². The zero-order chi connectivity index (χ0) is 18.1. The molecule has 0 radical (unpaired) electrons. The average molecular weight is 385 g/mol. The number of fused-ring (bicyclic) bond motifs is 1. The van der Waals surface area contributed by atoms with E-state index in [1.165, 1.54) is 9.80 Å². The largest absolute Gasteiger partial charge is 0.480 e. The molecule has 2 heterocycles. The molecule has 134 valence electrons. The minimum Gasteiger partial charge on any atom is -0.480 e. The number of halogens is 2. The Kier molecular flexibility index (Phi) is 5.20. The molecular weight excluding hydrogens is 367 g/mol. The van der Waals surface area contributed by atoms with E-state index in [-0.39, 0.29) is 18.4 Å². The van der Waals surface area contributed by atoms with Gasteiger partial charge in [0.2, 0.25) is 11.8 Å². The van der Waals surface area contributed by atoms with Crippen molar-refractivity contribution in [2.45, 2.75) is 37.8 Å². The summed E-state index contributed by atoms with van der Waals surface area (Å²) in [5.41, 5.74) is 1.01. The molecule has 0 aromatic heterocycles. The molecule has 1 aromatic rings. The normalized spacial score (nSPS) is 23.1. The molecule has 3 rings (SSSR count). The number of carbonyl (C=O) groups is 3. The maximum Gasteiger partial charge on any atom is 0.326 e. The van der Waals surface area contributed by atoms with Gasteiger partial charge >= 0.3 is 5.97 Å². The van der Waals surface area contributed by atoms with Crippen molar-refractivity contribution < 1.29 is 19.5 Å². The van der Waals surface area contributed by atoms with E-state index in [2.05, 4.69) is 0 Å². The van der Waals surface area contributed by atoms with Crippen LogP contribution in [0.25, 0.3) is 0 Å². The minimum absolute atomic E-state index is 0.0551. The van der Waals surface area contributed by atoms with E-state index in [1.54, 1.807) is 12.1 Å². The number of benzene rings is 1. The zero-order valence-corrected chi connectivity index (χ0v) is 15.0. The topological polar surface area (TPSA) is 77.9 Å². The van der Waals surface area contributed by atoms with Crippen LogP contribution >= 0.6 is 23.2 Å². The van der Waals surface area contributed by atoms with Gasteiger partial charge in [0, 0.05) is 6.54 Å². The van der Waals surface area contributed by atoms with Crippen LogP contribution in [-0.2, 0) is 20.8 Å². The van der Waals surface area contributed by atoms with Gasteiger partial charge in [-0.2, -0.15) is 0 Å². The fraction of sp³-hybridized carbons (Fsp3) is 0.471. The summed E-state index contributed by atoms with van der Waals surface area (Å²) >= 11 is 11.9. The summed E-state index contributed by atoms with van der Waals surface area (Å²) in [7, 11) is 0. The van der Waals surface area contributed by atoms with E-state index < -0.39 is 18.1 Å². The molecule has 2 aliphatic heterocycles. The van der Waals surface area contributed by atoms with E-state index in [0.717, 1.165) is 5.56 Å². The predicted molar refractivity (Wildman–Crippen MR) is 92.7 cm³/mol. The number of aliphatic carboxylic acids is 1. The number of rotatable bonds is 5. The Morgan fingerprint density at radius 2 is 1.96 bits per heavy atom. The number of carboxylic acids is 1. The summed E-state index contributed by atoms with van der Waals surface area (Å²) in [5, 5.41) is 10.2.